The van der Waals surface area contributed by atoms with Crippen molar-refractivity contribution in [3.8, 4) is 6.07 Å². The lowest BCUT2D eigenvalue weighted by atomic mass is 9.87. The largest absolute Gasteiger partial charge is 0.312 e. The molecule has 4 nitrogen and oxygen atoms in total. The number of carbonyl (C=O) groups excluding carboxylic acids is 1. The van der Waals surface area contributed by atoms with E-state index in [2.05, 4.69) is 16.2 Å². The first-order chi connectivity index (χ1) is 12.2. The summed E-state index contributed by atoms with van der Waals surface area (Å²) in [5.41, 5.74) is 3.97. The molecule has 1 unspecified atom stereocenters. The van der Waals surface area contributed by atoms with E-state index in [1.807, 2.05) is 30.3 Å². The maximum Gasteiger partial charge on any atom is 0.187 e. The fourth-order valence-corrected chi connectivity index (χ4v) is 2.96. The normalized spacial score (nSPS) is 18.6. The van der Waals surface area contributed by atoms with E-state index in [0.717, 1.165) is 16.7 Å². The Morgan fingerprint density at radius 3 is 2.56 bits per heavy atom. The summed E-state index contributed by atoms with van der Waals surface area (Å²) in [7, 11) is 0. The zero-order valence-corrected chi connectivity index (χ0v) is 13.7. The first-order valence-corrected chi connectivity index (χ1v) is 8.11. The van der Waals surface area contributed by atoms with Crippen LogP contribution in [0.15, 0.2) is 54.1 Å². The number of piperidine rings is 1. The molecule has 0 saturated carbocycles. The molecular weight excluding hydrogens is 310 g/mol. The van der Waals surface area contributed by atoms with Gasteiger partial charge in [0.15, 0.2) is 11.5 Å². The van der Waals surface area contributed by atoms with Gasteiger partial charge in [0.1, 0.15) is 0 Å². The third-order valence-electron chi connectivity index (χ3n) is 4.32. The Kier molecular flexibility index (Phi) is 5.04. The number of ketones is 1. The van der Waals surface area contributed by atoms with Gasteiger partial charge in [-0.2, -0.15) is 5.26 Å². The molecule has 122 valence electrons. The molecule has 1 aliphatic heterocycles. The standard InChI is InChI=1S/C21H17N3O/c1-23-20-8-6-16(7-9-20)11-19-14-24-13-18(21(19)25)10-15-2-4-17(12-22)5-3-15/h2-9,11,18,24H,10,13-14H2/b19-11+. The van der Waals surface area contributed by atoms with Crippen LogP contribution in [0.4, 0.5) is 5.69 Å². The fourth-order valence-electron chi connectivity index (χ4n) is 2.96. The maximum absolute atomic E-state index is 12.8. The summed E-state index contributed by atoms with van der Waals surface area (Å²) < 4.78 is 0. The summed E-state index contributed by atoms with van der Waals surface area (Å²) >= 11 is 0. The van der Waals surface area contributed by atoms with Crippen molar-refractivity contribution in [2.24, 2.45) is 5.92 Å². The molecule has 1 atom stereocenters. The van der Waals surface area contributed by atoms with Gasteiger partial charge >= 0.3 is 0 Å². The highest BCUT2D eigenvalue weighted by atomic mass is 16.1. The second kappa shape index (κ2) is 7.57. The molecule has 0 spiro atoms. The minimum Gasteiger partial charge on any atom is -0.312 e. The second-order valence-electron chi connectivity index (χ2n) is 6.08. The Labute approximate surface area is 147 Å². The van der Waals surface area contributed by atoms with Crippen LogP contribution >= 0.6 is 0 Å². The van der Waals surface area contributed by atoms with E-state index in [-0.39, 0.29) is 11.7 Å². The van der Waals surface area contributed by atoms with Crippen LogP contribution in [0.1, 0.15) is 16.7 Å². The molecule has 4 heteroatoms. The molecule has 2 aromatic carbocycles. The van der Waals surface area contributed by atoms with Crippen molar-refractivity contribution >= 4 is 17.5 Å². The van der Waals surface area contributed by atoms with E-state index in [4.69, 9.17) is 11.8 Å². The van der Waals surface area contributed by atoms with Crippen LogP contribution in [0.3, 0.4) is 0 Å². The van der Waals surface area contributed by atoms with E-state index >= 15 is 0 Å². The monoisotopic (exact) mass is 327 g/mol. The van der Waals surface area contributed by atoms with Crippen LogP contribution in [0.25, 0.3) is 10.9 Å². The van der Waals surface area contributed by atoms with Crippen molar-refractivity contribution in [1.82, 2.24) is 5.32 Å². The van der Waals surface area contributed by atoms with E-state index in [9.17, 15) is 4.79 Å². The molecular formula is C21H17N3O. The molecule has 3 rings (SSSR count). The molecule has 1 fully saturated rings. The Morgan fingerprint density at radius 1 is 1.20 bits per heavy atom. The van der Waals surface area contributed by atoms with Crippen molar-refractivity contribution in [3.63, 3.8) is 0 Å². The number of rotatable bonds is 3. The van der Waals surface area contributed by atoms with Gasteiger partial charge in [0.05, 0.1) is 18.2 Å². The highest BCUT2D eigenvalue weighted by Gasteiger charge is 2.26. The summed E-state index contributed by atoms with van der Waals surface area (Å²) in [6.45, 7) is 8.21. The average molecular weight is 327 g/mol. The fraction of sp³-hybridized carbons (Fsp3) is 0.190. The van der Waals surface area contributed by atoms with E-state index in [0.29, 0.717) is 30.8 Å². The molecule has 1 N–H and O–H groups in total. The molecule has 0 bridgehead atoms. The molecule has 1 aliphatic rings. The van der Waals surface area contributed by atoms with Gasteiger partial charge in [0, 0.05) is 24.6 Å². The van der Waals surface area contributed by atoms with Gasteiger partial charge in [-0.3, -0.25) is 4.79 Å². The van der Waals surface area contributed by atoms with Crippen LogP contribution in [0.5, 0.6) is 0 Å². The van der Waals surface area contributed by atoms with Gasteiger partial charge < -0.3 is 5.32 Å². The maximum atomic E-state index is 12.8. The predicted octanol–water partition coefficient (Wildman–Crippen LogP) is 3.52. The Balaban J connectivity index is 1.74. The Hall–Kier alpha value is -3.21. The minimum absolute atomic E-state index is 0.101. The van der Waals surface area contributed by atoms with Crippen LogP contribution < -0.4 is 5.32 Å². The van der Waals surface area contributed by atoms with Gasteiger partial charge in [0.2, 0.25) is 0 Å². The van der Waals surface area contributed by atoms with Gasteiger partial charge in [-0.15, -0.1) is 0 Å². The van der Waals surface area contributed by atoms with Crippen LogP contribution in [-0.4, -0.2) is 18.9 Å². The summed E-state index contributed by atoms with van der Waals surface area (Å²) in [6, 6.07) is 16.7. The quantitative estimate of drug-likeness (QED) is 0.693. The molecule has 25 heavy (non-hydrogen) atoms. The van der Waals surface area contributed by atoms with Crippen LogP contribution in [-0.2, 0) is 11.2 Å². The summed E-state index contributed by atoms with van der Waals surface area (Å²) in [5.74, 6) is 0.0628. The van der Waals surface area contributed by atoms with E-state index in [1.165, 1.54) is 0 Å². The van der Waals surface area contributed by atoms with Crippen LogP contribution in [0.2, 0.25) is 0 Å². The highest BCUT2D eigenvalue weighted by Crippen LogP contribution is 2.21. The zero-order chi connectivity index (χ0) is 17.6. The summed E-state index contributed by atoms with van der Waals surface area (Å²) in [6.07, 6.45) is 2.56. The Morgan fingerprint density at radius 2 is 1.92 bits per heavy atom. The zero-order valence-electron chi connectivity index (χ0n) is 13.7. The number of Topliss-reactive ketones (excluding diaryl/α,β-unsaturated/α-hetero) is 1. The number of carbonyl (C=O) groups is 1. The molecule has 2 aromatic rings. The van der Waals surface area contributed by atoms with Crippen molar-refractivity contribution in [2.75, 3.05) is 13.1 Å². The second-order valence-corrected chi connectivity index (χ2v) is 6.08. The van der Waals surface area contributed by atoms with Gasteiger partial charge in [-0.25, -0.2) is 4.85 Å². The number of benzene rings is 2. The predicted molar refractivity (Wildman–Crippen MR) is 96.9 cm³/mol. The smallest absolute Gasteiger partial charge is 0.187 e. The highest BCUT2D eigenvalue weighted by molar-refractivity contribution is 6.02. The Bertz CT molecular complexity index is 881. The van der Waals surface area contributed by atoms with Gasteiger partial charge in [-0.05, 0) is 35.8 Å². The lowest BCUT2D eigenvalue weighted by Crippen LogP contribution is -2.39. The molecule has 1 heterocycles. The van der Waals surface area contributed by atoms with Crippen molar-refractivity contribution < 1.29 is 4.79 Å². The number of hydrogen-bond acceptors (Lipinski definition) is 3. The van der Waals surface area contributed by atoms with Crippen LogP contribution in [0, 0.1) is 23.8 Å². The third kappa shape index (κ3) is 4.01. The summed E-state index contributed by atoms with van der Waals surface area (Å²) in [4.78, 5) is 16.1. The van der Waals surface area contributed by atoms with Gasteiger partial charge in [0.25, 0.3) is 0 Å². The van der Waals surface area contributed by atoms with Crippen molar-refractivity contribution in [1.29, 1.82) is 5.26 Å². The molecule has 0 aromatic heterocycles. The van der Waals surface area contributed by atoms with E-state index in [1.54, 1.807) is 24.3 Å². The number of nitrogens with one attached hydrogen (secondary N) is 1. The topological polar surface area (TPSA) is 57.2 Å². The average Bonchev–Trinajstić information content (AvgIpc) is 2.66. The first-order valence-electron chi connectivity index (χ1n) is 8.11. The SMILES string of the molecule is [C-]#[N+]c1ccc(/C=C2\CNCC(Cc3ccc(C#N)cc3)C2=O)cc1. The number of hydrogen-bond donors (Lipinski definition) is 1. The first kappa shape index (κ1) is 16.6. The van der Waals surface area contributed by atoms with Crippen molar-refractivity contribution in [3.05, 3.63) is 82.2 Å². The lowest BCUT2D eigenvalue weighted by molar-refractivity contribution is -0.119. The third-order valence-corrected chi connectivity index (χ3v) is 4.32. The molecule has 0 aliphatic carbocycles. The lowest BCUT2D eigenvalue weighted by Gasteiger charge is -2.24. The molecule has 1 saturated heterocycles. The van der Waals surface area contributed by atoms with Gasteiger partial charge in [-0.1, -0.05) is 36.4 Å². The number of nitriles is 1. The number of nitrogens with zero attached hydrogens (tertiary/aromatic N) is 2. The summed E-state index contributed by atoms with van der Waals surface area (Å²) in [5, 5.41) is 12.2. The van der Waals surface area contributed by atoms with E-state index < -0.39 is 0 Å². The van der Waals surface area contributed by atoms with Crippen molar-refractivity contribution in [2.45, 2.75) is 6.42 Å². The minimum atomic E-state index is -0.101. The molecule has 0 radical (unpaired) electrons. The molecule has 0 amide bonds.